The van der Waals surface area contributed by atoms with Gasteiger partial charge in [0.1, 0.15) is 0 Å². The molecule has 102 valence electrons. The maximum atomic E-state index is 11.9. The fourth-order valence-electron chi connectivity index (χ4n) is 2.07. The second-order valence-electron chi connectivity index (χ2n) is 4.36. The molecule has 1 aliphatic heterocycles. The first-order valence-corrected chi connectivity index (χ1v) is 5.96. The summed E-state index contributed by atoms with van der Waals surface area (Å²) in [4.78, 5) is 16.0. The van der Waals surface area contributed by atoms with Crippen molar-refractivity contribution in [2.24, 2.45) is 11.0 Å². The van der Waals surface area contributed by atoms with Gasteiger partial charge in [-0.25, -0.2) is 0 Å². The van der Waals surface area contributed by atoms with Gasteiger partial charge in [0.25, 0.3) is 5.89 Å². The number of hydrogen-bond donors (Lipinski definition) is 0. The van der Waals surface area contributed by atoms with E-state index >= 15 is 0 Å². The molecule has 2 aromatic rings. The van der Waals surface area contributed by atoms with Crippen molar-refractivity contribution in [3.63, 3.8) is 0 Å². The number of nitrogens with zero attached hydrogens (tertiary/aromatic N) is 6. The fourth-order valence-corrected chi connectivity index (χ4v) is 2.07. The lowest BCUT2D eigenvalue weighted by molar-refractivity contribution is -0.117. The van der Waals surface area contributed by atoms with Crippen LogP contribution in [0, 0.1) is 5.92 Å². The second kappa shape index (κ2) is 5.06. The lowest BCUT2D eigenvalue weighted by atomic mass is 10.1. The minimum absolute atomic E-state index is 0.0302. The van der Waals surface area contributed by atoms with E-state index in [0.717, 1.165) is 0 Å². The van der Waals surface area contributed by atoms with Crippen LogP contribution in [0.3, 0.4) is 0 Å². The van der Waals surface area contributed by atoms with E-state index in [-0.39, 0.29) is 30.3 Å². The maximum Gasteiger partial charge on any atom is 0.325 e. The van der Waals surface area contributed by atoms with Gasteiger partial charge in [-0.15, -0.1) is 5.10 Å². The van der Waals surface area contributed by atoms with Crippen LogP contribution >= 0.6 is 0 Å². The summed E-state index contributed by atoms with van der Waals surface area (Å²) in [6.45, 7) is 0.676. The molecule has 3 rings (SSSR count). The predicted octanol–water partition coefficient (Wildman–Crippen LogP) is 1.99. The lowest BCUT2D eigenvalue weighted by Crippen LogP contribution is -2.25. The van der Waals surface area contributed by atoms with Crippen LogP contribution in [0.1, 0.15) is 6.42 Å². The van der Waals surface area contributed by atoms with E-state index in [1.807, 2.05) is 0 Å². The monoisotopic (exact) mass is 274 g/mol. The van der Waals surface area contributed by atoms with Gasteiger partial charge in [-0.2, -0.15) is 0 Å². The number of anilines is 1. The quantitative estimate of drug-likeness (QED) is 0.479. The van der Waals surface area contributed by atoms with Crippen LogP contribution in [0.5, 0.6) is 0 Å². The zero-order chi connectivity index (χ0) is 13.9. The Morgan fingerprint density at radius 2 is 2.45 bits per heavy atom. The number of azide groups is 1. The Kier molecular flexibility index (Phi) is 3.10. The van der Waals surface area contributed by atoms with Crippen molar-refractivity contribution in [1.82, 2.24) is 10.2 Å². The van der Waals surface area contributed by atoms with Crippen LogP contribution in [0.25, 0.3) is 22.1 Å². The molecule has 20 heavy (non-hydrogen) atoms. The number of hydrogen-bond acceptors (Lipinski definition) is 6. The van der Waals surface area contributed by atoms with E-state index in [9.17, 15) is 4.79 Å². The van der Waals surface area contributed by atoms with Gasteiger partial charge < -0.3 is 8.83 Å². The molecule has 0 spiro atoms. The van der Waals surface area contributed by atoms with Crippen LogP contribution in [0.2, 0.25) is 0 Å². The smallest absolute Gasteiger partial charge is 0.325 e. The largest absolute Gasteiger partial charge is 0.459 e. The van der Waals surface area contributed by atoms with Crippen molar-refractivity contribution in [3.8, 4) is 11.7 Å². The van der Waals surface area contributed by atoms with Crippen molar-refractivity contribution in [3.05, 3.63) is 28.8 Å². The molecule has 0 bridgehead atoms. The minimum atomic E-state index is -0.127. The van der Waals surface area contributed by atoms with Crippen LogP contribution in [0.4, 0.5) is 6.01 Å². The van der Waals surface area contributed by atoms with Crippen LogP contribution in [-0.4, -0.2) is 29.2 Å². The van der Waals surface area contributed by atoms with Crippen molar-refractivity contribution < 1.29 is 13.6 Å². The van der Waals surface area contributed by atoms with Crippen molar-refractivity contribution >= 4 is 11.9 Å². The number of amides is 1. The molecule has 1 fully saturated rings. The first kappa shape index (κ1) is 12.2. The highest BCUT2D eigenvalue weighted by molar-refractivity contribution is 5.93. The van der Waals surface area contributed by atoms with E-state index in [2.05, 4.69) is 20.2 Å². The number of carbonyl (C=O) groups is 1. The minimum Gasteiger partial charge on any atom is -0.459 e. The van der Waals surface area contributed by atoms with Crippen molar-refractivity contribution in [1.29, 1.82) is 0 Å². The summed E-state index contributed by atoms with van der Waals surface area (Å²) < 4.78 is 10.6. The van der Waals surface area contributed by atoms with Crippen LogP contribution < -0.4 is 4.90 Å². The molecule has 1 saturated heterocycles. The van der Waals surface area contributed by atoms with E-state index in [1.165, 1.54) is 11.2 Å². The molecule has 0 aliphatic carbocycles. The van der Waals surface area contributed by atoms with Gasteiger partial charge in [-0.3, -0.25) is 9.69 Å². The molecule has 0 radical (unpaired) electrons. The van der Waals surface area contributed by atoms with Gasteiger partial charge in [0.05, 0.1) is 6.26 Å². The molecule has 1 aliphatic rings. The molecular weight excluding hydrogens is 264 g/mol. The Morgan fingerprint density at radius 1 is 1.55 bits per heavy atom. The Labute approximate surface area is 112 Å². The van der Waals surface area contributed by atoms with E-state index in [4.69, 9.17) is 14.4 Å². The highest BCUT2D eigenvalue weighted by Crippen LogP contribution is 2.27. The lowest BCUT2D eigenvalue weighted by Gasteiger charge is -2.09. The zero-order valence-corrected chi connectivity index (χ0v) is 10.3. The molecule has 1 unspecified atom stereocenters. The number of furan rings is 1. The summed E-state index contributed by atoms with van der Waals surface area (Å²) in [5.74, 6) is 0.507. The summed E-state index contributed by atoms with van der Waals surface area (Å²) in [6, 6.07) is 3.52. The third-order valence-electron chi connectivity index (χ3n) is 2.99. The van der Waals surface area contributed by atoms with Crippen molar-refractivity contribution in [2.75, 3.05) is 18.0 Å². The van der Waals surface area contributed by atoms with Gasteiger partial charge in [-0.05, 0) is 23.6 Å². The molecular formula is C11H10N6O3. The maximum absolute atomic E-state index is 11.9. The SMILES string of the molecule is [N-]=[N+]=NCC1CC(=O)N(c2nnc(-c3ccco3)o2)C1. The van der Waals surface area contributed by atoms with Gasteiger partial charge in [0, 0.05) is 24.4 Å². The third-order valence-corrected chi connectivity index (χ3v) is 2.99. The zero-order valence-electron chi connectivity index (χ0n) is 10.3. The Morgan fingerprint density at radius 3 is 3.20 bits per heavy atom. The van der Waals surface area contributed by atoms with E-state index in [0.29, 0.717) is 18.7 Å². The standard InChI is InChI=1S/C11H10N6O3/c12-16-13-5-7-4-9(18)17(6-7)11-15-14-10(20-11)8-2-1-3-19-8/h1-3,7H,4-6H2. The van der Waals surface area contributed by atoms with Crippen molar-refractivity contribution in [2.45, 2.75) is 6.42 Å². The third kappa shape index (κ3) is 2.21. The Bertz CT molecular complexity index is 658. The Hall–Kier alpha value is -2.80. The second-order valence-corrected chi connectivity index (χ2v) is 4.36. The molecule has 9 nitrogen and oxygen atoms in total. The highest BCUT2D eigenvalue weighted by Gasteiger charge is 2.33. The molecule has 3 heterocycles. The number of rotatable bonds is 4. The fraction of sp³-hybridized carbons (Fsp3) is 0.364. The van der Waals surface area contributed by atoms with Crippen LogP contribution in [0.15, 0.2) is 32.3 Å². The molecule has 2 aromatic heterocycles. The molecule has 0 N–H and O–H groups in total. The average Bonchev–Trinajstić information content (AvgIpc) is 3.16. The summed E-state index contributed by atoms with van der Waals surface area (Å²) in [7, 11) is 0. The van der Waals surface area contributed by atoms with Gasteiger partial charge in [-0.1, -0.05) is 10.2 Å². The first-order chi connectivity index (χ1) is 9.78. The topological polar surface area (TPSA) is 121 Å². The summed E-state index contributed by atoms with van der Waals surface area (Å²) in [6.07, 6.45) is 1.80. The molecule has 1 amide bonds. The Balaban J connectivity index is 1.76. The summed E-state index contributed by atoms with van der Waals surface area (Å²) in [5.41, 5.74) is 8.29. The first-order valence-electron chi connectivity index (χ1n) is 5.96. The molecule has 0 aromatic carbocycles. The van der Waals surface area contributed by atoms with Gasteiger partial charge >= 0.3 is 6.01 Å². The number of aromatic nitrogens is 2. The molecule has 0 saturated carbocycles. The molecule has 9 heteroatoms. The predicted molar refractivity (Wildman–Crippen MR) is 66.5 cm³/mol. The van der Waals surface area contributed by atoms with Gasteiger partial charge in [0.2, 0.25) is 5.91 Å². The summed E-state index contributed by atoms with van der Waals surface area (Å²) >= 11 is 0. The van der Waals surface area contributed by atoms with E-state index < -0.39 is 0 Å². The van der Waals surface area contributed by atoms with Gasteiger partial charge in [0.15, 0.2) is 5.76 Å². The highest BCUT2D eigenvalue weighted by atomic mass is 16.4. The summed E-state index contributed by atoms with van der Waals surface area (Å²) in [5, 5.41) is 11.2. The number of carbonyl (C=O) groups excluding carboxylic acids is 1. The van der Waals surface area contributed by atoms with E-state index in [1.54, 1.807) is 12.1 Å². The normalized spacial score (nSPS) is 18.3. The molecule has 1 atom stereocenters. The average molecular weight is 274 g/mol. The van der Waals surface area contributed by atoms with Crippen LogP contribution in [-0.2, 0) is 4.79 Å².